The van der Waals surface area contributed by atoms with Crippen LogP contribution >= 0.6 is 64.8 Å². The number of carboxylic acids is 4. The van der Waals surface area contributed by atoms with Crippen molar-refractivity contribution in [2.45, 2.75) is 167 Å². The van der Waals surface area contributed by atoms with E-state index in [0.29, 0.717) is 38.8 Å². The summed E-state index contributed by atoms with van der Waals surface area (Å²) in [7, 11) is 10.2. The van der Waals surface area contributed by atoms with Gasteiger partial charge in [-0.15, -0.1) is 0 Å². The zero-order valence-corrected chi connectivity index (χ0v) is 42.7. The van der Waals surface area contributed by atoms with Gasteiger partial charge in [0.1, 0.15) is 12.6 Å². The fraction of sp³-hybridized carbons (Fsp3) is 0.814. The number of unbranched alkanes of at least 4 members (excludes halogenated alkanes) is 14. The molecular formula is C43H71N3O14S6. The minimum Gasteiger partial charge on any atom is -0.481 e. The minimum absolute atomic E-state index is 0.0282. The molecule has 0 saturated carbocycles. The number of ketones is 1. The Kier molecular flexibility index (Phi) is 33.6. The molecule has 17 nitrogen and oxygen atoms in total. The van der Waals surface area contributed by atoms with E-state index in [9.17, 15) is 53.7 Å². The quantitative estimate of drug-likeness (QED) is 0.0172. The second kappa shape index (κ2) is 36.9. The molecule has 2 rings (SSSR count). The van der Waals surface area contributed by atoms with Crippen LogP contribution in [0.1, 0.15) is 154 Å². The minimum atomic E-state index is -1.38. The van der Waals surface area contributed by atoms with Crippen LogP contribution in [0.2, 0.25) is 0 Å². The van der Waals surface area contributed by atoms with Crippen molar-refractivity contribution in [3.8, 4) is 0 Å². The van der Waals surface area contributed by atoms with E-state index in [2.05, 4.69) is 16.0 Å². The highest BCUT2D eigenvalue weighted by Crippen LogP contribution is 2.84. The van der Waals surface area contributed by atoms with Gasteiger partial charge in [-0.25, -0.2) is 4.79 Å². The van der Waals surface area contributed by atoms with Crippen molar-refractivity contribution in [2.24, 2.45) is 11.8 Å². The number of carbonyl (C=O) groups is 8. The van der Waals surface area contributed by atoms with Crippen LogP contribution in [0.5, 0.6) is 0 Å². The summed E-state index contributed by atoms with van der Waals surface area (Å²) in [6.07, 6.45) is 16.7. The van der Waals surface area contributed by atoms with Crippen molar-refractivity contribution in [3.63, 3.8) is 0 Å². The van der Waals surface area contributed by atoms with Crippen molar-refractivity contribution in [1.29, 1.82) is 0 Å². The van der Waals surface area contributed by atoms with Gasteiger partial charge in [-0.05, 0) is 60.1 Å². The van der Waals surface area contributed by atoms with E-state index in [4.69, 9.17) is 14.6 Å². The zero-order valence-electron chi connectivity index (χ0n) is 37.8. The molecule has 3 atom stereocenters. The van der Waals surface area contributed by atoms with E-state index in [1.807, 2.05) is 0 Å². The Balaban J connectivity index is 1.44. The van der Waals surface area contributed by atoms with Gasteiger partial charge in [-0.1, -0.05) is 127 Å². The van der Waals surface area contributed by atoms with E-state index in [1.165, 1.54) is 51.4 Å². The molecule has 2 aliphatic rings. The average Bonchev–Trinajstić information content (AvgIpc) is 4.03. The molecule has 2 heterocycles. The molecule has 1 spiro atoms. The van der Waals surface area contributed by atoms with Crippen LogP contribution in [0, 0.1) is 11.8 Å². The summed E-state index contributed by atoms with van der Waals surface area (Å²) < 4.78 is 10.8. The monoisotopic (exact) mass is 1050 g/mol. The summed E-state index contributed by atoms with van der Waals surface area (Å²) in [5.74, 6) is -7.55. The molecule has 3 amide bonds. The normalized spacial score (nSPS) is 15.6. The van der Waals surface area contributed by atoms with Gasteiger partial charge in [0.2, 0.25) is 17.7 Å². The molecule has 0 aromatic rings. The molecule has 2 aliphatic heterocycles. The fourth-order valence-corrected chi connectivity index (χ4v) is 20.7. The first-order valence-corrected chi connectivity index (χ1v) is 29.7. The Morgan fingerprint density at radius 3 is 1.58 bits per heavy atom. The third-order valence-electron chi connectivity index (χ3n) is 10.7. The molecule has 23 heteroatoms. The lowest BCUT2D eigenvalue weighted by Crippen LogP contribution is -2.42. The maximum Gasteiger partial charge on any atom is 0.326 e. The second-order valence-corrected chi connectivity index (χ2v) is 25.9. The van der Waals surface area contributed by atoms with E-state index in [-0.39, 0.29) is 78.2 Å². The second-order valence-electron chi connectivity index (χ2n) is 16.4. The lowest BCUT2D eigenvalue weighted by molar-refractivity contribution is -0.145. The Morgan fingerprint density at radius 1 is 0.500 bits per heavy atom. The molecule has 2 saturated heterocycles. The first-order chi connectivity index (χ1) is 31.7. The topological polar surface area (TPSA) is 272 Å². The maximum absolute atomic E-state index is 12.6. The van der Waals surface area contributed by atoms with Crippen LogP contribution in [-0.4, -0.2) is 121 Å². The number of nitrogens with one attached hydrogen (secondary N) is 3. The summed E-state index contributed by atoms with van der Waals surface area (Å²) in [6, 6.07) is -1.38. The van der Waals surface area contributed by atoms with Crippen LogP contribution in [0.4, 0.5) is 0 Å². The van der Waals surface area contributed by atoms with Gasteiger partial charge < -0.3 is 45.9 Å². The van der Waals surface area contributed by atoms with Gasteiger partial charge in [-0.3, -0.25) is 33.6 Å². The predicted octanol–water partition coefficient (Wildman–Crippen LogP) is 8.35. The molecule has 2 fully saturated rings. The first kappa shape index (κ1) is 60.1. The van der Waals surface area contributed by atoms with Crippen LogP contribution in [0.3, 0.4) is 0 Å². The summed E-state index contributed by atoms with van der Waals surface area (Å²) in [5.41, 5.74) is 0. The molecule has 7 N–H and O–H groups in total. The van der Waals surface area contributed by atoms with Crippen LogP contribution < -0.4 is 16.0 Å². The molecule has 378 valence electrons. The summed E-state index contributed by atoms with van der Waals surface area (Å²) >= 11 is 0. The molecule has 0 bridgehead atoms. The number of rotatable bonds is 43. The number of carboxylic acid groups (broad SMARTS) is 4. The highest BCUT2D eigenvalue weighted by Gasteiger charge is 2.53. The van der Waals surface area contributed by atoms with Crippen LogP contribution in [0.15, 0.2) is 0 Å². The van der Waals surface area contributed by atoms with Gasteiger partial charge in [0, 0.05) is 45.2 Å². The number of amides is 3. The molecule has 0 aliphatic carbocycles. The van der Waals surface area contributed by atoms with Crippen molar-refractivity contribution >= 4 is 112 Å². The van der Waals surface area contributed by atoms with E-state index in [1.54, 1.807) is 64.8 Å². The average molecular weight is 1050 g/mol. The molecule has 0 aromatic heterocycles. The standard InChI is InChI=1S/C43H71N3O14S6/c47-32(30-60-28-27-59-26-25-45-35(48)18-13-11-9-7-5-3-1-2-4-6-8-10-12-14-19-38(51)52)29-31(39(53)54)20-22-37(50)46-34(41(57)58)21-23-36(49)44-24-16-15-17-33(40(55)56)42-61-63-43(64-62-42)65-66-43/h31,33-34,42H,1-30H2,(H,44,49)(H,45,48)(H,46,50)(H,51,52)(H,53,54)(H,55,56)(H,57,58)/t31-,33+,34+/m1/s1. The van der Waals surface area contributed by atoms with Gasteiger partial charge in [0.15, 0.2) is 8.53 Å². The van der Waals surface area contributed by atoms with E-state index >= 15 is 0 Å². The van der Waals surface area contributed by atoms with Gasteiger partial charge >= 0.3 is 23.9 Å². The Morgan fingerprint density at radius 2 is 1.03 bits per heavy atom. The molecule has 66 heavy (non-hydrogen) atoms. The molecule has 0 unspecified atom stereocenters. The van der Waals surface area contributed by atoms with Crippen molar-refractivity contribution < 1.29 is 68.3 Å². The summed E-state index contributed by atoms with van der Waals surface area (Å²) in [5, 5.41) is 45.5. The summed E-state index contributed by atoms with van der Waals surface area (Å²) in [4.78, 5) is 95.4. The fourth-order valence-electron chi connectivity index (χ4n) is 6.84. The number of Topliss-reactive ketones (excluding diaryl/α,β-unsaturated/α-hetero) is 1. The van der Waals surface area contributed by atoms with Gasteiger partial charge in [-0.2, -0.15) is 0 Å². The third kappa shape index (κ3) is 30.5. The van der Waals surface area contributed by atoms with Crippen molar-refractivity contribution in [3.05, 3.63) is 0 Å². The number of hydrogen-bond acceptors (Lipinski definition) is 16. The Labute approximate surface area is 412 Å². The Hall–Kier alpha value is -2.02. The number of carbonyl (C=O) groups excluding carboxylic acids is 4. The first-order valence-electron chi connectivity index (χ1n) is 23.2. The lowest BCUT2D eigenvalue weighted by atomic mass is 9.97. The molecule has 0 aromatic carbocycles. The predicted molar refractivity (Wildman–Crippen MR) is 265 cm³/mol. The smallest absolute Gasteiger partial charge is 0.326 e. The SMILES string of the molecule is O=C(O)CCCCCCCCCCCCCCCCC(=O)NCCOCCOCC(=O)C[C@@H](CCC(=O)N[C@@H](CCC(=O)NCCCC[C@@H](C(=O)O)C1SSC2(SS1)SS2)C(=O)O)C(=O)O. The van der Waals surface area contributed by atoms with Crippen molar-refractivity contribution in [1.82, 2.24) is 16.0 Å². The highest BCUT2D eigenvalue weighted by atomic mass is 33.2. The molecular weight excluding hydrogens is 975 g/mol. The summed E-state index contributed by atoms with van der Waals surface area (Å²) in [6.45, 7) is 0.804. The third-order valence-corrected chi connectivity index (χ3v) is 24.6. The van der Waals surface area contributed by atoms with Gasteiger partial charge in [0.05, 0.1) is 36.2 Å². The maximum atomic E-state index is 12.6. The van der Waals surface area contributed by atoms with Crippen LogP contribution in [-0.2, 0) is 47.8 Å². The number of aliphatic carboxylic acids is 4. The van der Waals surface area contributed by atoms with Gasteiger partial charge in [0.25, 0.3) is 0 Å². The number of ether oxygens (including phenoxy) is 2. The van der Waals surface area contributed by atoms with Crippen molar-refractivity contribution in [2.75, 3.05) is 39.5 Å². The largest absolute Gasteiger partial charge is 0.481 e. The van der Waals surface area contributed by atoms with E-state index in [0.717, 1.165) is 38.5 Å². The lowest BCUT2D eigenvalue weighted by Gasteiger charge is -2.27. The Bertz CT molecular complexity index is 1490. The highest BCUT2D eigenvalue weighted by molar-refractivity contribution is 9.14. The van der Waals surface area contributed by atoms with Crippen LogP contribution in [0.25, 0.3) is 0 Å². The molecule has 0 radical (unpaired) electrons. The zero-order chi connectivity index (χ0) is 48.4. The number of hydrogen-bond donors (Lipinski definition) is 7. The van der Waals surface area contributed by atoms with E-state index < -0.39 is 59.4 Å².